The molecule has 0 heterocycles. The van der Waals surface area contributed by atoms with Gasteiger partial charge in [-0.3, -0.25) is 4.99 Å². The van der Waals surface area contributed by atoms with Gasteiger partial charge in [-0.2, -0.15) is 0 Å². The monoisotopic (exact) mass is 253 g/mol. The lowest BCUT2D eigenvalue weighted by atomic mass is 9.87. The van der Waals surface area contributed by atoms with E-state index in [1.807, 2.05) is 12.1 Å². The fourth-order valence-electron chi connectivity index (χ4n) is 2.74. The smallest absolute Gasteiger partial charge is 0.125 e. The van der Waals surface area contributed by atoms with Gasteiger partial charge in [-0.05, 0) is 41.2 Å². The van der Waals surface area contributed by atoms with E-state index in [1.54, 1.807) is 6.07 Å². The molecule has 1 nitrogen and oxygen atoms in total. The average molecular weight is 253 g/mol. The topological polar surface area (TPSA) is 12.4 Å². The van der Waals surface area contributed by atoms with Gasteiger partial charge in [-0.1, -0.05) is 44.2 Å². The quantitative estimate of drug-likeness (QED) is 0.702. The zero-order valence-electron chi connectivity index (χ0n) is 11.2. The van der Waals surface area contributed by atoms with Crippen LogP contribution in [0.3, 0.4) is 0 Å². The second-order valence-electron chi connectivity index (χ2n) is 5.64. The number of hydrogen-bond donors (Lipinski definition) is 0. The zero-order valence-corrected chi connectivity index (χ0v) is 11.2. The van der Waals surface area contributed by atoms with Crippen molar-refractivity contribution in [2.75, 3.05) is 0 Å². The number of rotatable bonds is 1. The first kappa shape index (κ1) is 12.1. The van der Waals surface area contributed by atoms with Gasteiger partial charge >= 0.3 is 0 Å². The molecule has 0 saturated carbocycles. The van der Waals surface area contributed by atoms with Gasteiger partial charge in [0.25, 0.3) is 0 Å². The third kappa shape index (κ3) is 2.19. The Hall–Kier alpha value is -1.96. The number of benzene rings is 2. The zero-order chi connectivity index (χ0) is 13.5. The van der Waals surface area contributed by atoms with E-state index in [1.165, 1.54) is 23.3 Å². The molecular formula is C17H16FN. The van der Waals surface area contributed by atoms with E-state index in [0.29, 0.717) is 5.69 Å². The van der Waals surface area contributed by atoms with Gasteiger partial charge in [0.1, 0.15) is 5.82 Å². The molecule has 0 bridgehead atoms. The second kappa shape index (κ2) is 4.30. The third-order valence-corrected chi connectivity index (χ3v) is 3.65. The minimum absolute atomic E-state index is 0.1000. The van der Waals surface area contributed by atoms with E-state index < -0.39 is 0 Å². The van der Waals surface area contributed by atoms with Gasteiger partial charge in [0.15, 0.2) is 0 Å². The average Bonchev–Trinajstić information content (AvgIpc) is 2.62. The van der Waals surface area contributed by atoms with Crippen LogP contribution in [0.25, 0.3) is 0 Å². The highest BCUT2D eigenvalue weighted by molar-refractivity contribution is 6.07. The lowest BCUT2D eigenvalue weighted by Crippen LogP contribution is -2.12. The van der Waals surface area contributed by atoms with Crippen LogP contribution >= 0.6 is 0 Å². The van der Waals surface area contributed by atoms with E-state index in [2.05, 4.69) is 37.0 Å². The van der Waals surface area contributed by atoms with Crippen molar-refractivity contribution in [1.82, 2.24) is 0 Å². The van der Waals surface area contributed by atoms with Crippen molar-refractivity contribution >= 4 is 11.4 Å². The Labute approximate surface area is 112 Å². The van der Waals surface area contributed by atoms with Gasteiger partial charge in [-0.25, -0.2) is 4.39 Å². The molecule has 2 aromatic rings. The summed E-state index contributed by atoms with van der Waals surface area (Å²) < 4.78 is 13.2. The molecular weight excluding hydrogens is 237 g/mol. The van der Waals surface area contributed by atoms with Crippen LogP contribution in [0.2, 0.25) is 0 Å². The fraction of sp³-hybridized carbons (Fsp3) is 0.235. The molecule has 96 valence electrons. The molecule has 0 aromatic heterocycles. The van der Waals surface area contributed by atoms with Crippen LogP contribution in [0.1, 0.15) is 31.4 Å². The van der Waals surface area contributed by atoms with Crippen molar-refractivity contribution in [2.45, 2.75) is 25.7 Å². The van der Waals surface area contributed by atoms with Crippen molar-refractivity contribution < 1.29 is 4.39 Å². The Balaban J connectivity index is 2.09. The normalized spacial score (nSPS) is 18.6. The molecule has 0 unspecified atom stereocenters. The fourth-order valence-corrected chi connectivity index (χ4v) is 2.74. The maximum absolute atomic E-state index is 13.2. The molecule has 0 saturated heterocycles. The summed E-state index contributed by atoms with van der Waals surface area (Å²) in [5.41, 5.74) is 4.35. The number of aliphatic imine (C=N–C) groups is 1. The third-order valence-electron chi connectivity index (χ3n) is 3.65. The summed E-state index contributed by atoms with van der Waals surface area (Å²) in [5.74, 6) is -0.243. The summed E-state index contributed by atoms with van der Waals surface area (Å²) in [7, 11) is 0. The van der Waals surface area contributed by atoms with E-state index in [-0.39, 0.29) is 11.2 Å². The summed E-state index contributed by atoms with van der Waals surface area (Å²) in [6.45, 7) is 4.44. The number of halogens is 1. The molecule has 2 aromatic carbocycles. The highest BCUT2D eigenvalue weighted by Crippen LogP contribution is 2.39. The Morgan fingerprint density at radius 3 is 2.63 bits per heavy atom. The van der Waals surface area contributed by atoms with Crippen LogP contribution in [0, 0.1) is 5.82 Å². The second-order valence-corrected chi connectivity index (χ2v) is 5.64. The predicted molar refractivity (Wildman–Crippen MR) is 76.7 cm³/mol. The molecule has 0 fully saturated rings. The molecule has 0 spiro atoms. The van der Waals surface area contributed by atoms with Crippen LogP contribution in [0.4, 0.5) is 10.1 Å². The molecule has 19 heavy (non-hydrogen) atoms. The number of nitrogens with zero attached hydrogens (tertiary/aromatic N) is 1. The van der Waals surface area contributed by atoms with Crippen LogP contribution in [0.5, 0.6) is 0 Å². The van der Waals surface area contributed by atoms with Crippen molar-refractivity contribution in [3.8, 4) is 0 Å². The Kier molecular flexibility index (Phi) is 2.74. The van der Waals surface area contributed by atoms with Gasteiger partial charge < -0.3 is 0 Å². The first-order valence-electron chi connectivity index (χ1n) is 6.49. The van der Waals surface area contributed by atoms with E-state index in [4.69, 9.17) is 0 Å². The van der Waals surface area contributed by atoms with E-state index in [0.717, 1.165) is 12.1 Å². The largest absolute Gasteiger partial charge is 0.253 e. The summed E-state index contributed by atoms with van der Waals surface area (Å²) in [4.78, 5) is 4.63. The van der Waals surface area contributed by atoms with Crippen molar-refractivity contribution in [1.29, 1.82) is 0 Å². The molecule has 2 heteroatoms. The Morgan fingerprint density at radius 2 is 1.84 bits per heavy atom. The van der Waals surface area contributed by atoms with E-state index >= 15 is 0 Å². The van der Waals surface area contributed by atoms with Gasteiger partial charge in [-0.15, -0.1) is 0 Å². The molecule has 0 amide bonds. The highest BCUT2D eigenvalue weighted by Gasteiger charge is 2.33. The Morgan fingerprint density at radius 1 is 1.05 bits per heavy atom. The minimum Gasteiger partial charge on any atom is -0.253 e. The summed E-state index contributed by atoms with van der Waals surface area (Å²) >= 11 is 0. The molecule has 0 N–H and O–H groups in total. The Bertz CT molecular complexity index is 656. The minimum atomic E-state index is -0.243. The molecule has 0 radical (unpaired) electrons. The van der Waals surface area contributed by atoms with Crippen molar-refractivity contribution in [2.24, 2.45) is 4.99 Å². The summed E-state index contributed by atoms with van der Waals surface area (Å²) in [6, 6.07) is 14.8. The molecule has 0 aliphatic heterocycles. The highest BCUT2D eigenvalue weighted by atomic mass is 19.1. The van der Waals surface area contributed by atoms with Gasteiger partial charge in [0, 0.05) is 5.71 Å². The standard InChI is InChI=1S/C17H16FN/c1-17(2)11-16(14-8-3-4-9-15(14)17)19-13-7-5-6-12(18)10-13/h3-10H,11H2,1-2H3. The van der Waals surface area contributed by atoms with Gasteiger partial charge in [0.05, 0.1) is 5.69 Å². The molecule has 3 rings (SSSR count). The van der Waals surface area contributed by atoms with E-state index in [9.17, 15) is 4.39 Å². The van der Waals surface area contributed by atoms with Crippen LogP contribution in [0.15, 0.2) is 53.5 Å². The molecule has 0 atom stereocenters. The molecule has 1 aliphatic carbocycles. The maximum Gasteiger partial charge on any atom is 0.125 e. The van der Waals surface area contributed by atoms with Crippen LogP contribution < -0.4 is 0 Å². The lowest BCUT2D eigenvalue weighted by molar-refractivity contribution is 0.568. The van der Waals surface area contributed by atoms with Crippen molar-refractivity contribution in [3.05, 3.63) is 65.5 Å². The molecule has 1 aliphatic rings. The first-order chi connectivity index (χ1) is 9.06. The van der Waals surface area contributed by atoms with Crippen molar-refractivity contribution in [3.63, 3.8) is 0 Å². The number of fused-ring (bicyclic) bond motifs is 1. The lowest BCUT2D eigenvalue weighted by Gasteiger charge is -2.17. The maximum atomic E-state index is 13.2. The SMILES string of the molecule is CC1(C)CC(=Nc2cccc(F)c2)c2ccccc21. The summed E-state index contributed by atoms with van der Waals surface area (Å²) in [5, 5.41) is 0. The van der Waals surface area contributed by atoms with Crippen LogP contribution in [-0.2, 0) is 5.41 Å². The number of hydrogen-bond acceptors (Lipinski definition) is 1. The first-order valence-corrected chi connectivity index (χ1v) is 6.49. The predicted octanol–water partition coefficient (Wildman–Crippen LogP) is 4.63. The van der Waals surface area contributed by atoms with Crippen LogP contribution in [-0.4, -0.2) is 5.71 Å². The summed E-state index contributed by atoms with van der Waals surface area (Å²) in [6.07, 6.45) is 0.892. The van der Waals surface area contributed by atoms with Gasteiger partial charge in [0.2, 0.25) is 0 Å².